The standard InChI is InChI=1S/C17H21N5O2/c23-16-10-14(22-9-2-5-15(22)19-16)13-4-1-7-20(11-13)17(24)12-21-8-3-6-18-21/h3,6,8,10,13H,1-2,4-5,7,9,11-12H2/t13-/m0/s1. The number of amides is 1. The van der Waals surface area contributed by atoms with Gasteiger partial charge in [-0.2, -0.15) is 10.1 Å². The number of likely N-dealkylation sites (tertiary alicyclic amines) is 1. The molecule has 0 bridgehead atoms. The first-order chi connectivity index (χ1) is 11.7. The van der Waals surface area contributed by atoms with E-state index >= 15 is 0 Å². The van der Waals surface area contributed by atoms with Gasteiger partial charge in [0.2, 0.25) is 5.91 Å². The van der Waals surface area contributed by atoms with Crippen LogP contribution in [0.25, 0.3) is 0 Å². The van der Waals surface area contributed by atoms with E-state index in [1.165, 1.54) is 0 Å². The van der Waals surface area contributed by atoms with E-state index in [2.05, 4.69) is 14.6 Å². The Morgan fingerprint density at radius 2 is 2.21 bits per heavy atom. The van der Waals surface area contributed by atoms with Gasteiger partial charge >= 0.3 is 0 Å². The van der Waals surface area contributed by atoms with E-state index in [4.69, 9.17) is 0 Å². The summed E-state index contributed by atoms with van der Waals surface area (Å²) < 4.78 is 3.84. The molecule has 4 heterocycles. The molecule has 2 aliphatic rings. The summed E-state index contributed by atoms with van der Waals surface area (Å²) in [5.41, 5.74) is 0.900. The average Bonchev–Trinajstić information content (AvgIpc) is 3.25. The maximum Gasteiger partial charge on any atom is 0.273 e. The number of fused-ring (bicyclic) bond motifs is 1. The summed E-state index contributed by atoms with van der Waals surface area (Å²) in [5.74, 6) is 1.20. The van der Waals surface area contributed by atoms with Crippen LogP contribution in [0.2, 0.25) is 0 Å². The molecule has 1 atom stereocenters. The Balaban J connectivity index is 1.53. The molecule has 1 saturated heterocycles. The summed E-state index contributed by atoms with van der Waals surface area (Å²) in [4.78, 5) is 30.5. The lowest BCUT2D eigenvalue weighted by molar-refractivity contribution is -0.133. The number of hydrogen-bond donors (Lipinski definition) is 0. The van der Waals surface area contributed by atoms with Gasteiger partial charge < -0.3 is 9.47 Å². The Bertz CT molecular complexity index is 796. The number of piperidine rings is 1. The molecule has 4 rings (SSSR count). The lowest BCUT2D eigenvalue weighted by atomic mass is 9.94. The number of nitrogens with zero attached hydrogens (tertiary/aromatic N) is 5. The van der Waals surface area contributed by atoms with Crippen LogP contribution in [0, 0.1) is 0 Å². The normalized spacial score (nSPS) is 20.2. The van der Waals surface area contributed by atoms with Crippen molar-refractivity contribution in [2.75, 3.05) is 13.1 Å². The summed E-state index contributed by atoms with van der Waals surface area (Å²) in [5, 5.41) is 4.10. The van der Waals surface area contributed by atoms with Crippen molar-refractivity contribution in [1.29, 1.82) is 0 Å². The minimum atomic E-state index is -0.154. The van der Waals surface area contributed by atoms with Gasteiger partial charge in [-0.3, -0.25) is 14.3 Å². The van der Waals surface area contributed by atoms with Crippen molar-refractivity contribution >= 4 is 5.91 Å². The highest BCUT2D eigenvalue weighted by Gasteiger charge is 2.28. The van der Waals surface area contributed by atoms with Crippen LogP contribution in [0.5, 0.6) is 0 Å². The average molecular weight is 327 g/mol. The number of aromatic nitrogens is 4. The lowest BCUT2D eigenvalue weighted by Crippen LogP contribution is -2.41. The van der Waals surface area contributed by atoms with Crippen LogP contribution in [0.15, 0.2) is 29.3 Å². The van der Waals surface area contributed by atoms with Crippen molar-refractivity contribution in [3.8, 4) is 0 Å². The second kappa shape index (κ2) is 6.22. The van der Waals surface area contributed by atoms with Gasteiger partial charge in [-0.25, -0.2) is 0 Å². The minimum Gasteiger partial charge on any atom is -0.340 e. The zero-order valence-electron chi connectivity index (χ0n) is 13.6. The Hall–Kier alpha value is -2.44. The minimum absolute atomic E-state index is 0.0847. The summed E-state index contributed by atoms with van der Waals surface area (Å²) in [6.45, 7) is 2.64. The monoisotopic (exact) mass is 327 g/mol. The molecule has 2 aromatic rings. The highest BCUT2D eigenvalue weighted by Crippen LogP contribution is 2.28. The van der Waals surface area contributed by atoms with Crippen molar-refractivity contribution in [3.05, 3.63) is 46.4 Å². The third-order valence-corrected chi connectivity index (χ3v) is 4.96. The molecule has 0 radical (unpaired) electrons. The first-order valence-electron chi connectivity index (χ1n) is 8.56. The molecule has 24 heavy (non-hydrogen) atoms. The quantitative estimate of drug-likeness (QED) is 0.835. The molecule has 2 aliphatic heterocycles. The van der Waals surface area contributed by atoms with E-state index in [9.17, 15) is 9.59 Å². The molecule has 126 valence electrons. The van der Waals surface area contributed by atoms with Crippen LogP contribution < -0.4 is 5.56 Å². The first kappa shape index (κ1) is 15.1. The van der Waals surface area contributed by atoms with Gasteiger partial charge in [-0.05, 0) is 25.3 Å². The molecule has 1 amide bonds. The number of carbonyl (C=O) groups is 1. The fourth-order valence-electron chi connectivity index (χ4n) is 3.83. The van der Waals surface area contributed by atoms with E-state index < -0.39 is 0 Å². The molecule has 0 spiro atoms. The molecular formula is C17H21N5O2. The topological polar surface area (TPSA) is 73.0 Å². The Morgan fingerprint density at radius 1 is 1.29 bits per heavy atom. The van der Waals surface area contributed by atoms with Crippen molar-refractivity contribution < 1.29 is 4.79 Å². The maximum atomic E-state index is 12.5. The van der Waals surface area contributed by atoms with Gasteiger partial charge in [-0.15, -0.1) is 0 Å². The van der Waals surface area contributed by atoms with Crippen molar-refractivity contribution in [2.24, 2.45) is 0 Å². The Labute approximate surface area is 139 Å². The van der Waals surface area contributed by atoms with Crippen molar-refractivity contribution in [2.45, 2.75) is 44.7 Å². The fourth-order valence-corrected chi connectivity index (χ4v) is 3.83. The molecule has 0 aliphatic carbocycles. The molecule has 7 heteroatoms. The zero-order chi connectivity index (χ0) is 16.5. The van der Waals surface area contributed by atoms with Crippen molar-refractivity contribution in [1.82, 2.24) is 24.2 Å². The molecule has 0 N–H and O–H groups in total. The number of aryl methyl sites for hydroxylation is 1. The summed E-state index contributed by atoms with van der Waals surface area (Å²) in [6, 6.07) is 3.49. The highest BCUT2D eigenvalue weighted by molar-refractivity contribution is 5.76. The van der Waals surface area contributed by atoms with Gasteiger partial charge in [0.25, 0.3) is 5.56 Å². The van der Waals surface area contributed by atoms with Gasteiger partial charge in [-0.1, -0.05) is 0 Å². The molecule has 2 aromatic heterocycles. The maximum absolute atomic E-state index is 12.5. The van der Waals surface area contributed by atoms with Gasteiger partial charge in [0.15, 0.2) is 0 Å². The molecule has 7 nitrogen and oxygen atoms in total. The number of rotatable bonds is 3. The van der Waals surface area contributed by atoms with Crippen LogP contribution in [0.4, 0.5) is 0 Å². The third-order valence-electron chi connectivity index (χ3n) is 4.96. The Morgan fingerprint density at radius 3 is 3.04 bits per heavy atom. The molecule has 0 saturated carbocycles. The molecule has 0 aromatic carbocycles. The van der Waals surface area contributed by atoms with E-state index in [-0.39, 0.29) is 23.9 Å². The van der Waals surface area contributed by atoms with Crippen LogP contribution in [0.3, 0.4) is 0 Å². The van der Waals surface area contributed by atoms with Gasteiger partial charge in [0.1, 0.15) is 12.4 Å². The van der Waals surface area contributed by atoms with Gasteiger partial charge in [0, 0.05) is 56.1 Å². The predicted octanol–water partition coefficient (Wildman–Crippen LogP) is 0.792. The lowest BCUT2D eigenvalue weighted by Gasteiger charge is -2.34. The number of carbonyl (C=O) groups excluding carboxylic acids is 1. The van der Waals surface area contributed by atoms with Crippen LogP contribution in [0.1, 0.15) is 36.7 Å². The molecule has 1 fully saturated rings. The second-order valence-corrected chi connectivity index (χ2v) is 6.57. The molecule has 0 unspecified atom stereocenters. The second-order valence-electron chi connectivity index (χ2n) is 6.57. The van der Waals surface area contributed by atoms with Crippen LogP contribution >= 0.6 is 0 Å². The van der Waals surface area contributed by atoms with E-state index in [0.29, 0.717) is 6.54 Å². The summed E-state index contributed by atoms with van der Waals surface area (Å²) in [6.07, 6.45) is 7.36. The van der Waals surface area contributed by atoms with Crippen molar-refractivity contribution in [3.63, 3.8) is 0 Å². The highest BCUT2D eigenvalue weighted by atomic mass is 16.2. The van der Waals surface area contributed by atoms with E-state index in [1.54, 1.807) is 23.1 Å². The van der Waals surface area contributed by atoms with Crippen LogP contribution in [-0.4, -0.2) is 43.2 Å². The fraction of sp³-hybridized carbons (Fsp3) is 0.529. The SMILES string of the molecule is O=C(Cn1cccn1)N1CCC[C@H](c2cc(=O)nc3n2CCC3)C1. The van der Waals surface area contributed by atoms with Crippen LogP contribution in [-0.2, 0) is 24.3 Å². The zero-order valence-corrected chi connectivity index (χ0v) is 13.6. The summed E-state index contributed by atoms with van der Waals surface area (Å²) in [7, 11) is 0. The third kappa shape index (κ3) is 2.86. The summed E-state index contributed by atoms with van der Waals surface area (Å²) >= 11 is 0. The molecular weight excluding hydrogens is 306 g/mol. The number of hydrogen-bond acceptors (Lipinski definition) is 4. The van der Waals surface area contributed by atoms with Gasteiger partial charge in [0.05, 0.1) is 0 Å². The van der Waals surface area contributed by atoms with E-state index in [1.807, 2.05) is 11.0 Å². The first-order valence-corrected chi connectivity index (χ1v) is 8.56. The predicted molar refractivity (Wildman–Crippen MR) is 87.6 cm³/mol. The Kier molecular flexibility index (Phi) is 3.92. The largest absolute Gasteiger partial charge is 0.340 e. The van der Waals surface area contributed by atoms with E-state index in [0.717, 1.165) is 50.3 Å². The smallest absolute Gasteiger partial charge is 0.273 e.